The van der Waals surface area contributed by atoms with Crippen LogP contribution in [0.4, 0.5) is 5.69 Å². The molecule has 0 aliphatic carbocycles. The molecule has 8 nitrogen and oxygen atoms in total. The summed E-state index contributed by atoms with van der Waals surface area (Å²) in [5.41, 5.74) is 0.427. The molecular formula is C25H37NO7. The average molecular weight is 464 g/mol. The van der Waals surface area contributed by atoms with E-state index in [1.807, 2.05) is 39.8 Å². The van der Waals surface area contributed by atoms with Crippen LogP contribution in [-0.2, 0) is 14.3 Å². The van der Waals surface area contributed by atoms with E-state index in [0.29, 0.717) is 18.0 Å². The van der Waals surface area contributed by atoms with Crippen LogP contribution in [0.5, 0.6) is 5.75 Å². The Kier molecular flexibility index (Phi) is 9.60. The molecule has 1 aliphatic heterocycles. The Morgan fingerprint density at radius 3 is 2.52 bits per heavy atom. The van der Waals surface area contributed by atoms with Crippen LogP contribution in [0.25, 0.3) is 0 Å². The summed E-state index contributed by atoms with van der Waals surface area (Å²) in [7, 11) is 1.24. The minimum atomic E-state index is -1.67. The lowest BCUT2D eigenvalue weighted by atomic mass is 9.91. The molecule has 8 heteroatoms. The molecule has 1 aromatic rings. The van der Waals surface area contributed by atoms with Crippen molar-refractivity contribution < 1.29 is 34.4 Å². The maximum absolute atomic E-state index is 13.2. The number of nitrogens with zero attached hydrogens (tertiary/aromatic N) is 1. The zero-order chi connectivity index (χ0) is 24.8. The van der Waals surface area contributed by atoms with Gasteiger partial charge in [-0.25, -0.2) is 0 Å². The second-order valence-corrected chi connectivity index (χ2v) is 9.49. The molecule has 2 rings (SSSR count). The van der Waals surface area contributed by atoms with Gasteiger partial charge >= 0.3 is 0 Å². The number of hydrogen-bond donors (Lipinski definition) is 3. The van der Waals surface area contributed by atoms with Crippen LogP contribution < -0.4 is 9.64 Å². The molecule has 0 saturated heterocycles. The fourth-order valence-electron chi connectivity index (χ4n) is 3.71. The van der Waals surface area contributed by atoms with E-state index < -0.39 is 36.1 Å². The second-order valence-electron chi connectivity index (χ2n) is 9.49. The average Bonchev–Trinajstić information content (AvgIpc) is 2.89. The lowest BCUT2D eigenvalue weighted by molar-refractivity contribution is -0.149. The van der Waals surface area contributed by atoms with Crippen LogP contribution in [-0.4, -0.2) is 71.7 Å². The molecule has 0 saturated carbocycles. The van der Waals surface area contributed by atoms with E-state index in [-0.39, 0.29) is 24.3 Å². The molecule has 1 amide bonds. The van der Waals surface area contributed by atoms with E-state index in [4.69, 9.17) is 9.47 Å². The number of carbonyl (C=O) groups is 2. The van der Waals surface area contributed by atoms with Crippen LogP contribution in [0.1, 0.15) is 40.5 Å². The van der Waals surface area contributed by atoms with Gasteiger partial charge in [-0.15, -0.1) is 0 Å². The van der Waals surface area contributed by atoms with Gasteiger partial charge in [0.05, 0.1) is 11.6 Å². The molecule has 5 atom stereocenters. The molecule has 1 heterocycles. The third-order valence-electron chi connectivity index (χ3n) is 5.48. The lowest BCUT2D eigenvalue weighted by Crippen LogP contribution is -2.49. The highest BCUT2D eigenvalue weighted by Gasteiger charge is 2.39. The summed E-state index contributed by atoms with van der Waals surface area (Å²) in [5.74, 6) is -1.00. The van der Waals surface area contributed by atoms with Gasteiger partial charge < -0.3 is 29.7 Å². The Morgan fingerprint density at radius 2 is 1.91 bits per heavy atom. The van der Waals surface area contributed by atoms with Crippen LogP contribution in [0.2, 0.25) is 0 Å². The molecule has 3 N–H and O–H groups in total. The number of amides is 1. The number of allylic oxidation sites excluding steroid dienone is 1. The van der Waals surface area contributed by atoms with Crippen molar-refractivity contribution in [1.29, 1.82) is 0 Å². The Morgan fingerprint density at radius 1 is 1.24 bits per heavy atom. The lowest BCUT2D eigenvalue weighted by Gasteiger charge is -2.28. The number of para-hydroxylation sites is 2. The number of anilines is 1. The smallest absolute Gasteiger partial charge is 0.234 e. The van der Waals surface area contributed by atoms with Gasteiger partial charge in [-0.1, -0.05) is 52.0 Å². The Bertz CT molecular complexity index is 832. The number of Topliss-reactive ketones (excluding diaryl/α,β-unsaturated/α-hetero) is 1. The summed E-state index contributed by atoms with van der Waals surface area (Å²) < 4.78 is 11.0. The van der Waals surface area contributed by atoms with Gasteiger partial charge in [0.2, 0.25) is 5.91 Å². The van der Waals surface area contributed by atoms with E-state index >= 15 is 0 Å². The van der Waals surface area contributed by atoms with Crippen molar-refractivity contribution in [3.05, 3.63) is 36.4 Å². The van der Waals surface area contributed by atoms with E-state index in [0.717, 1.165) is 6.42 Å². The third kappa shape index (κ3) is 7.11. The first-order valence-electron chi connectivity index (χ1n) is 11.3. The molecule has 0 spiro atoms. The number of rotatable bonds is 10. The summed E-state index contributed by atoms with van der Waals surface area (Å²) in [6.07, 6.45) is -2.52. The summed E-state index contributed by atoms with van der Waals surface area (Å²) in [6, 6.07) is 7.22. The Labute approximate surface area is 195 Å². The van der Waals surface area contributed by atoms with Crippen LogP contribution in [0.3, 0.4) is 0 Å². The highest BCUT2D eigenvalue weighted by atomic mass is 16.5. The fraction of sp³-hybridized carbons (Fsp3) is 0.600. The van der Waals surface area contributed by atoms with E-state index in [1.165, 1.54) is 13.2 Å². The predicted octanol–water partition coefficient (Wildman–Crippen LogP) is 2.10. The third-order valence-corrected chi connectivity index (χ3v) is 5.48. The van der Waals surface area contributed by atoms with Gasteiger partial charge in [0, 0.05) is 20.1 Å². The van der Waals surface area contributed by atoms with Crippen LogP contribution in [0.15, 0.2) is 36.4 Å². The molecule has 0 fully saturated rings. The van der Waals surface area contributed by atoms with Gasteiger partial charge in [-0.2, -0.15) is 0 Å². The molecule has 0 unspecified atom stereocenters. The second kappa shape index (κ2) is 11.7. The molecule has 0 aromatic heterocycles. The number of ether oxygens (including phenoxy) is 2. The topological polar surface area (TPSA) is 117 Å². The monoisotopic (exact) mass is 463 g/mol. The van der Waals surface area contributed by atoms with Crippen molar-refractivity contribution in [3.8, 4) is 5.75 Å². The number of aliphatic hydroxyl groups excluding tert-OH is 3. The van der Waals surface area contributed by atoms with Crippen molar-refractivity contribution in [1.82, 2.24) is 0 Å². The largest absolute Gasteiger partial charge is 0.491 e. The van der Waals surface area contributed by atoms with E-state index in [9.17, 15) is 24.9 Å². The first-order valence-corrected chi connectivity index (χ1v) is 11.3. The van der Waals surface area contributed by atoms with Gasteiger partial charge in [0.15, 0.2) is 5.78 Å². The quantitative estimate of drug-likeness (QED) is 0.455. The molecule has 1 aliphatic rings. The van der Waals surface area contributed by atoms with Crippen LogP contribution in [0, 0.1) is 11.3 Å². The van der Waals surface area contributed by atoms with E-state index in [1.54, 1.807) is 23.1 Å². The summed E-state index contributed by atoms with van der Waals surface area (Å²) in [6.45, 7) is 8.21. The van der Waals surface area contributed by atoms with Gasteiger partial charge in [-0.3, -0.25) is 9.59 Å². The number of aliphatic hydroxyl groups is 3. The normalized spacial score (nSPS) is 20.5. The fourth-order valence-corrected chi connectivity index (χ4v) is 3.71. The molecule has 184 valence electrons. The number of benzene rings is 1. The predicted molar refractivity (Wildman–Crippen MR) is 125 cm³/mol. The summed E-state index contributed by atoms with van der Waals surface area (Å²) >= 11 is 0. The summed E-state index contributed by atoms with van der Waals surface area (Å²) in [4.78, 5) is 27.8. The highest BCUT2D eigenvalue weighted by Crippen LogP contribution is 2.33. The van der Waals surface area contributed by atoms with Gasteiger partial charge in [-0.05, 0) is 24.0 Å². The minimum absolute atomic E-state index is 0.00777. The first-order chi connectivity index (χ1) is 15.5. The zero-order valence-electron chi connectivity index (χ0n) is 20.1. The Balaban J connectivity index is 2.14. The van der Waals surface area contributed by atoms with Gasteiger partial charge in [0.1, 0.15) is 36.8 Å². The highest BCUT2D eigenvalue weighted by molar-refractivity contribution is 6.00. The number of ketones is 1. The van der Waals surface area contributed by atoms with Crippen molar-refractivity contribution >= 4 is 17.4 Å². The van der Waals surface area contributed by atoms with Crippen molar-refractivity contribution in [3.63, 3.8) is 0 Å². The number of fused-ring (bicyclic) bond motifs is 1. The van der Waals surface area contributed by atoms with Crippen LogP contribution >= 0.6 is 0 Å². The van der Waals surface area contributed by atoms with Crippen molar-refractivity contribution in [2.75, 3.05) is 25.2 Å². The van der Waals surface area contributed by atoms with Crippen molar-refractivity contribution in [2.45, 2.75) is 65.0 Å². The number of carbonyl (C=O) groups excluding carboxylic acids is 2. The first kappa shape index (κ1) is 27.0. The minimum Gasteiger partial charge on any atom is -0.491 e. The van der Waals surface area contributed by atoms with Gasteiger partial charge in [0.25, 0.3) is 0 Å². The van der Waals surface area contributed by atoms with E-state index in [2.05, 4.69) is 0 Å². The molecule has 1 aromatic carbocycles. The number of hydrogen-bond acceptors (Lipinski definition) is 7. The molecular weight excluding hydrogens is 426 g/mol. The molecule has 0 bridgehead atoms. The maximum atomic E-state index is 13.2. The maximum Gasteiger partial charge on any atom is 0.234 e. The standard InChI is InChI=1S/C25H37NO7/c1-6-13-26-17-9-7-8-10-20(17)33-15-16(24(26)31)14-19(28)23(32-5)22(30)21(29)18(27)11-12-25(2,3)4/h7-12,16,18,21-23,27,29-30H,6,13-15H2,1-5H3/b12-11+/t16-,18+,21-,22+,23-/m0/s1. The Hall–Kier alpha value is -2.26. The summed E-state index contributed by atoms with van der Waals surface area (Å²) in [5, 5.41) is 31.2. The molecule has 33 heavy (non-hydrogen) atoms. The molecule has 0 radical (unpaired) electrons. The van der Waals surface area contributed by atoms with Crippen molar-refractivity contribution in [2.24, 2.45) is 11.3 Å². The SMILES string of the molecule is CCCN1C(=O)[C@@H](CC(=O)[C@H](OC)[C@H](O)[C@@H](O)[C@H](O)/C=C/C(C)(C)C)COc2ccccc21. The number of methoxy groups -OCH3 is 1. The zero-order valence-corrected chi connectivity index (χ0v) is 20.1.